The Kier molecular flexibility index (Phi) is 11.0. The van der Waals surface area contributed by atoms with Crippen molar-refractivity contribution in [1.29, 1.82) is 0 Å². The van der Waals surface area contributed by atoms with Crippen LogP contribution in [0.1, 0.15) is 0 Å². The molecule has 130 valence electrons. The minimum atomic E-state index is -5.05. The van der Waals surface area contributed by atoms with Crippen LogP contribution in [-0.2, 0) is 13.4 Å². The van der Waals surface area contributed by atoms with Crippen molar-refractivity contribution in [3.63, 3.8) is 0 Å². The molecule has 21 heavy (non-hydrogen) atoms. The largest absolute Gasteiger partial charge is 0.478 e. The van der Waals surface area contributed by atoms with Crippen LogP contribution in [-0.4, -0.2) is 82.7 Å². The van der Waals surface area contributed by atoms with E-state index in [0.29, 0.717) is 0 Å². The van der Waals surface area contributed by atoms with Gasteiger partial charge in [0.05, 0.1) is 12.7 Å². The van der Waals surface area contributed by atoms with Crippen LogP contribution in [0.15, 0.2) is 0 Å². The molecule has 0 aliphatic carbocycles. The van der Waals surface area contributed by atoms with Crippen molar-refractivity contribution in [2.45, 2.75) is 24.4 Å². The highest BCUT2D eigenvalue weighted by Gasteiger charge is 2.29. The normalized spacial score (nSPS) is 18.2. The quantitative estimate of drug-likeness (QED) is 0.193. The van der Waals surface area contributed by atoms with E-state index in [1.54, 1.807) is 0 Å². The lowest BCUT2D eigenvalue weighted by Crippen LogP contribution is -2.48. The summed E-state index contributed by atoms with van der Waals surface area (Å²) in [5.74, 6) is 0. The molecule has 0 bridgehead atoms. The number of nitrogens with two attached hydrogens (primary N) is 1. The van der Waals surface area contributed by atoms with E-state index in [2.05, 4.69) is 4.31 Å². The fourth-order valence-corrected chi connectivity index (χ4v) is 1.95. The molecule has 0 aromatic carbocycles. The molecule has 11 N–H and O–H groups in total. The minimum Gasteiger partial charge on any atom is -0.394 e. The summed E-state index contributed by atoms with van der Waals surface area (Å²) in [5.41, 5.74) is 4.99. The average molecular weight is 359 g/mol. The SMILES string of the molecule is NC[C@H](O)[C@@H](O)[C@H](O)[C@H](O)CO.O=P(O)(O)OP(=O)(O)O. The zero-order valence-corrected chi connectivity index (χ0v) is 12.2. The molecule has 0 unspecified atom stereocenters. The van der Waals surface area contributed by atoms with Crippen LogP contribution in [0.3, 0.4) is 0 Å². The second-order valence-corrected chi connectivity index (χ2v) is 6.21. The van der Waals surface area contributed by atoms with Gasteiger partial charge in [-0.1, -0.05) is 0 Å². The van der Waals surface area contributed by atoms with Crippen molar-refractivity contribution < 1.29 is 58.5 Å². The van der Waals surface area contributed by atoms with Crippen LogP contribution >= 0.6 is 15.6 Å². The van der Waals surface area contributed by atoms with E-state index < -0.39 is 46.7 Å². The van der Waals surface area contributed by atoms with Gasteiger partial charge in [-0.15, -0.1) is 0 Å². The fourth-order valence-electron chi connectivity index (χ4n) is 0.841. The molecule has 13 nitrogen and oxygen atoms in total. The van der Waals surface area contributed by atoms with Gasteiger partial charge in [-0.25, -0.2) is 9.13 Å². The first kappa shape index (κ1) is 23.3. The summed E-state index contributed by atoms with van der Waals surface area (Å²) < 4.78 is 22.2. The Morgan fingerprint density at radius 2 is 1.19 bits per heavy atom. The fraction of sp³-hybridized carbons (Fsp3) is 1.00. The van der Waals surface area contributed by atoms with Crippen LogP contribution in [0.4, 0.5) is 0 Å². The van der Waals surface area contributed by atoms with E-state index >= 15 is 0 Å². The lowest BCUT2D eigenvalue weighted by Gasteiger charge is -2.24. The van der Waals surface area contributed by atoms with E-state index in [1.807, 2.05) is 0 Å². The third kappa shape index (κ3) is 13.4. The van der Waals surface area contributed by atoms with Crippen molar-refractivity contribution >= 4 is 15.6 Å². The lowest BCUT2D eigenvalue weighted by atomic mass is 10.0. The third-order valence-electron chi connectivity index (χ3n) is 1.78. The molecular weight excluding hydrogens is 340 g/mol. The maximum Gasteiger partial charge on any atom is 0.478 e. The molecule has 0 spiro atoms. The van der Waals surface area contributed by atoms with Gasteiger partial charge < -0.3 is 50.8 Å². The van der Waals surface area contributed by atoms with E-state index in [4.69, 9.17) is 50.8 Å². The van der Waals surface area contributed by atoms with Gasteiger partial charge in [0.15, 0.2) is 0 Å². The highest BCUT2D eigenvalue weighted by Crippen LogP contribution is 2.53. The van der Waals surface area contributed by atoms with Crippen molar-refractivity contribution in [3.05, 3.63) is 0 Å². The maximum absolute atomic E-state index is 9.63. The second kappa shape index (κ2) is 9.92. The standard InChI is InChI=1S/C6H15NO5.H4O7P2/c7-1-3(9)5(11)6(12)4(10)2-8;1-8(2,3)7-9(4,5)6/h3-6,8-12H,1-2,7H2;(H2,1,2,3)(H2,4,5,6)/t3-,4+,5+,6+;/m0./s1. The van der Waals surface area contributed by atoms with Crippen LogP contribution in [0.2, 0.25) is 0 Å². The summed E-state index contributed by atoms with van der Waals surface area (Å²) in [6.07, 6.45) is -5.91. The number of phosphoric acid groups is 2. The van der Waals surface area contributed by atoms with Gasteiger partial charge in [-0.05, 0) is 0 Å². The molecule has 0 aliphatic rings. The lowest BCUT2D eigenvalue weighted by molar-refractivity contribution is -0.112. The predicted octanol–water partition coefficient (Wildman–Crippen LogP) is -4.43. The van der Waals surface area contributed by atoms with Crippen molar-refractivity contribution in [2.75, 3.05) is 13.2 Å². The van der Waals surface area contributed by atoms with Gasteiger partial charge in [0.2, 0.25) is 0 Å². The molecule has 0 fully saturated rings. The Hall–Kier alpha value is 0.0200. The summed E-state index contributed by atoms with van der Waals surface area (Å²) in [6, 6.07) is 0. The first-order chi connectivity index (χ1) is 9.25. The molecule has 0 amide bonds. The van der Waals surface area contributed by atoms with E-state index in [9.17, 15) is 9.13 Å². The smallest absolute Gasteiger partial charge is 0.394 e. The molecule has 0 rings (SSSR count). The predicted molar refractivity (Wildman–Crippen MR) is 65.3 cm³/mol. The van der Waals surface area contributed by atoms with Crippen LogP contribution in [0, 0.1) is 0 Å². The monoisotopic (exact) mass is 359 g/mol. The molecule has 4 atom stereocenters. The summed E-state index contributed by atoms with van der Waals surface area (Å²) >= 11 is 0. The highest BCUT2D eigenvalue weighted by molar-refractivity contribution is 7.60. The third-order valence-corrected chi connectivity index (χ3v) is 3.48. The van der Waals surface area contributed by atoms with Gasteiger partial charge >= 0.3 is 15.6 Å². The number of hydrogen-bond acceptors (Lipinski definition) is 9. The van der Waals surface area contributed by atoms with Crippen molar-refractivity contribution in [1.82, 2.24) is 0 Å². The molecule has 0 aromatic rings. The van der Waals surface area contributed by atoms with Crippen molar-refractivity contribution in [3.8, 4) is 0 Å². The molecule has 0 saturated carbocycles. The zero-order chi connectivity index (χ0) is 17.4. The van der Waals surface area contributed by atoms with Crippen LogP contribution in [0.5, 0.6) is 0 Å². The minimum absolute atomic E-state index is 0.226. The first-order valence-corrected chi connectivity index (χ1v) is 8.16. The molecule has 0 radical (unpaired) electrons. The molecule has 0 saturated heterocycles. The van der Waals surface area contributed by atoms with E-state index in [0.717, 1.165) is 0 Å². The van der Waals surface area contributed by atoms with Gasteiger partial charge in [0.1, 0.15) is 18.3 Å². The van der Waals surface area contributed by atoms with Gasteiger partial charge in [-0.3, -0.25) is 0 Å². The summed E-state index contributed by atoms with van der Waals surface area (Å²) in [4.78, 5) is 31.0. The number of rotatable bonds is 7. The Labute approximate surface area is 118 Å². The Morgan fingerprint density at radius 1 is 0.857 bits per heavy atom. The second-order valence-electron chi connectivity index (χ2n) is 3.60. The summed E-state index contributed by atoms with van der Waals surface area (Å²) in [7, 11) is -10.1. The first-order valence-electron chi connectivity index (χ1n) is 5.10. The van der Waals surface area contributed by atoms with E-state index in [-0.39, 0.29) is 6.54 Å². The molecule has 15 heteroatoms. The molecule has 0 aliphatic heterocycles. The Balaban J connectivity index is 0. The summed E-state index contributed by atoms with van der Waals surface area (Å²) in [5, 5.41) is 44.2. The van der Waals surface area contributed by atoms with E-state index in [1.165, 1.54) is 0 Å². The maximum atomic E-state index is 9.63. The molecule has 0 aromatic heterocycles. The Bertz CT molecular complexity index is 333. The van der Waals surface area contributed by atoms with Gasteiger partial charge in [-0.2, -0.15) is 4.31 Å². The number of aliphatic hydroxyl groups is 5. The van der Waals surface area contributed by atoms with Gasteiger partial charge in [0, 0.05) is 6.54 Å². The number of hydrogen-bond donors (Lipinski definition) is 10. The van der Waals surface area contributed by atoms with Crippen LogP contribution < -0.4 is 5.73 Å². The highest BCUT2D eigenvalue weighted by atomic mass is 31.3. The van der Waals surface area contributed by atoms with Crippen molar-refractivity contribution in [2.24, 2.45) is 5.73 Å². The van der Waals surface area contributed by atoms with Crippen LogP contribution in [0.25, 0.3) is 0 Å². The molecular formula is C6H19NO12P2. The summed E-state index contributed by atoms with van der Waals surface area (Å²) in [6.45, 7) is -0.911. The van der Waals surface area contributed by atoms with Gasteiger partial charge in [0.25, 0.3) is 0 Å². The topological polar surface area (TPSA) is 251 Å². The number of aliphatic hydroxyl groups excluding tert-OH is 5. The zero-order valence-electron chi connectivity index (χ0n) is 10.4. The average Bonchev–Trinajstić information content (AvgIpc) is 2.31. The Morgan fingerprint density at radius 3 is 1.38 bits per heavy atom. The molecule has 0 heterocycles.